The first kappa shape index (κ1) is 30.7. The Kier molecular flexibility index (Phi) is 11.8. The highest BCUT2D eigenvalue weighted by molar-refractivity contribution is 6.31. The average Bonchev–Trinajstić information content (AvgIpc) is 2.94. The van der Waals surface area contributed by atoms with Gasteiger partial charge in [0.1, 0.15) is 0 Å². The summed E-state index contributed by atoms with van der Waals surface area (Å²) in [7, 11) is 0. The Hall–Kier alpha value is -4.51. The number of nitrogens with zero attached hydrogens (tertiary/aromatic N) is 3. The van der Waals surface area contributed by atoms with Gasteiger partial charge in [-0.3, -0.25) is 14.6 Å². The molecule has 4 aromatic rings. The van der Waals surface area contributed by atoms with E-state index in [1.165, 1.54) is 24.5 Å². The van der Waals surface area contributed by atoms with Crippen LogP contribution in [0.15, 0.2) is 79.4 Å². The van der Waals surface area contributed by atoms with Crippen molar-refractivity contribution in [2.24, 2.45) is 0 Å². The van der Waals surface area contributed by atoms with E-state index in [9.17, 15) is 22.8 Å². The monoisotopic (exact) mass is 558 g/mol. The molecule has 0 saturated heterocycles. The third-order valence-electron chi connectivity index (χ3n) is 4.66. The maximum atomic E-state index is 12.6. The highest BCUT2D eigenvalue weighted by atomic mass is 35.5. The van der Waals surface area contributed by atoms with Gasteiger partial charge in [-0.05, 0) is 61.0 Å². The molecule has 12 heteroatoms. The molecule has 204 valence electrons. The van der Waals surface area contributed by atoms with Crippen molar-refractivity contribution in [3.63, 3.8) is 0 Å². The van der Waals surface area contributed by atoms with Gasteiger partial charge in [0.2, 0.25) is 12.4 Å². The van der Waals surface area contributed by atoms with Crippen LogP contribution in [0, 0.1) is 6.92 Å². The van der Waals surface area contributed by atoms with E-state index in [4.69, 9.17) is 11.6 Å². The number of aryl methyl sites for hydroxylation is 1. The highest BCUT2D eigenvalue weighted by Crippen LogP contribution is 2.29. The molecule has 0 bridgehead atoms. The predicted molar refractivity (Wildman–Crippen MR) is 146 cm³/mol. The third-order valence-corrected chi connectivity index (χ3v) is 5.09. The number of nitrogens with one attached hydrogen (secondary N) is 3. The van der Waals surface area contributed by atoms with Gasteiger partial charge in [-0.1, -0.05) is 31.5 Å². The Balaban J connectivity index is 0.000000265. The number of benzene rings is 2. The summed E-state index contributed by atoms with van der Waals surface area (Å²) in [6, 6.07) is 12.8. The number of pyridine rings is 1. The summed E-state index contributed by atoms with van der Waals surface area (Å²) in [5.74, 6) is -0.160. The molecule has 2 aromatic heterocycles. The highest BCUT2D eigenvalue weighted by Gasteiger charge is 2.30. The van der Waals surface area contributed by atoms with E-state index in [1.807, 2.05) is 26.0 Å². The van der Waals surface area contributed by atoms with Crippen LogP contribution in [0.1, 0.15) is 35.3 Å². The first-order valence-electron chi connectivity index (χ1n) is 11.6. The van der Waals surface area contributed by atoms with E-state index in [-0.39, 0.29) is 5.56 Å². The maximum absolute atomic E-state index is 12.6. The second kappa shape index (κ2) is 15.0. The number of amides is 2. The van der Waals surface area contributed by atoms with Crippen molar-refractivity contribution in [3.05, 3.63) is 101 Å². The van der Waals surface area contributed by atoms with Gasteiger partial charge < -0.3 is 16.0 Å². The van der Waals surface area contributed by atoms with E-state index >= 15 is 0 Å². The molecule has 0 radical (unpaired) electrons. The summed E-state index contributed by atoms with van der Waals surface area (Å²) < 4.78 is 37.8. The van der Waals surface area contributed by atoms with Gasteiger partial charge in [-0.15, -0.1) is 0 Å². The Morgan fingerprint density at radius 2 is 1.64 bits per heavy atom. The summed E-state index contributed by atoms with van der Waals surface area (Å²) in [5, 5.41) is 8.51. The molecule has 2 heterocycles. The molecule has 2 aromatic carbocycles. The van der Waals surface area contributed by atoms with Crippen LogP contribution in [0.2, 0.25) is 5.02 Å². The van der Waals surface area contributed by atoms with E-state index in [0.29, 0.717) is 28.8 Å². The lowest BCUT2D eigenvalue weighted by atomic mass is 10.1. The molecule has 0 aliphatic rings. The molecule has 0 atom stereocenters. The summed E-state index contributed by atoms with van der Waals surface area (Å²) >= 11 is 5.87. The lowest BCUT2D eigenvalue weighted by Crippen LogP contribution is -2.14. The lowest BCUT2D eigenvalue weighted by Gasteiger charge is -2.10. The second-order valence-electron chi connectivity index (χ2n) is 7.42. The van der Waals surface area contributed by atoms with Crippen LogP contribution in [-0.4, -0.2) is 27.3 Å². The molecule has 39 heavy (non-hydrogen) atoms. The lowest BCUT2D eigenvalue weighted by molar-refractivity contribution is -0.137. The van der Waals surface area contributed by atoms with Gasteiger partial charge in [0.05, 0.1) is 35.5 Å². The molecule has 4 rings (SSSR count). The SMILES string of the molecule is CC.Cc1cc(NC(=O)c2cccc(C(F)(F)F)c2)ccc1Cl.O=CNc1cnc(Nc2cccnc2)nc1. The summed E-state index contributed by atoms with van der Waals surface area (Å²) in [6.45, 7) is 5.77. The zero-order valence-corrected chi connectivity index (χ0v) is 22.0. The maximum Gasteiger partial charge on any atom is 0.416 e. The van der Waals surface area contributed by atoms with Gasteiger partial charge in [-0.25, -0.2) is 9.97 Å². The largest absolute Gasteiger partial charge is 0.416 e. The molecule has 0 aliphatic heterocycles. The van der Waals surface area contributed by atoms with Crippen LogP contribution < -0.4 is 16.0 Å². The molecule has 3 N–H and O–H groups in total. The normalized spacial score (nSPS) is 10.1. The fourth-order valence-electron chi connectivity index (χ4n) is 2.86. The van der Waals surface area contributed by atoms with Crippen LogP contribution in [0.4, 0.5) is 36.2 Å². The van der Waals surface area contributed by atoms with E-state index in [1.54, 1.807) is 37.5 Å². The number of halogens is 4. The molecule has 0 aliphatic carbocycles. The van der Waals surface area contributed by atoms with E-state index < -0.39 is 17.6 Å². The van der Waals surface area contributed by atoms with Gasteiger partial charge in [-0.2, -0.15) is 13.2 Å². The summed E-state index contributed by atoms with van der Waals surface area (Å²) in [4.78, 5) is 34.1. The van der Waals surface area contributed by atoms with Gasteiger partial charge in [0, 0.05) is 22.5 Å². The zero-order chi connectivity index (χ0) is 28.8. The van der Waals surface area contributed by atoms with Crippen LogP contribution in [0.5, 0.6) is 0 Å². The molecular formula is C27H26ClF3N6O2. The Labute approximate surface area is 228 Å². The number of anilines is 4. The molecule has 0 spiro atoms. The zero-order valence-electron chi connectivity index (χ0n) is 21.3. The van der Waals surface area contributed by atoms with Gasteiger partial charge >= 0.3 is 6.18 Å². The quantitative estimate of drug-likeness (QED) is 0.217. The minimum atomic E-state index is -4.48. The first-order valence-corrected chi connectivity index (χ1v) is 12.0. The number of alkyl halides is 3. The molecule has 8 nitrogen and oxygen atoms in total. The number of hydrogen-bond donors (Lipinski definition) is 3. The van der Waals surface area contributed by atoms with Crippen molar-refractivity contribution in [1.29, 1.82) is 0 Å². The number of aromatic nitrogens is 3. The fraction of sp³-hybridized carbons (Fsp3) is 0.148. The van der Waals surface area contributed by atoms with Crippen LogP contribution in [0.3, 0.4) is 0 Å². The first-order chi connectivity index (χ1) is 18.7. The minimum Gasteiger partial charge on any atom is -0.326 e. The number of carbonyl (C=O) groups is 2. The van der Waals surface area contributed by atoms with Crippen LogP contribution in [-0.2, 0) is 11.0 Å². The fourth-order valence-corrected chi connectivity index (χ4v) is 2.98. The van der Waals surface area contributed by atoms with Gasteiger partial charge in [0.25, 0.3) is 5.91 Å². The number of rotatable bonds is 6. The van der Waals surface area contributed by atoms with Gasteiger partial charge in [0.15, 0.2) is 0 Å². The Morgan fingerprint density at radius 3 is 2.23 bits per heavy atom. The topological polar surface area (TPSA) is 109 Å². The van der Waals surface area contributed by atoms with Crippen molar-refractivity contribution < 1.29 is 22.8 Å². The molecule has 2 amide bonds. The number of hydrogen-bond acceptors (Lipinski definition) is 6. The molecule has 0 fully saturated rings. The third kappa shape index (κ3) is 10.0. The van der Waals surface area contributed by atoms with Crippen LogP contribution >= 0.6 is 11.6 Å². The second-order valence-corrected chi connectivity index (χ2v) is 7.83. The standard InChI is InChI=1S/C15H11ClF3NO.C10H9N5O.C2H6/c1-9-7-12(5-6-13(9)16)20-14(21)10-3-2-4-11(8-10)15(17,18)19;16-7-14-9-5-12-10(13-6-9)15-8-2-1-3-11-4-8;1-2/h2-8H,1H3,(H,20,21);1-7H,(H,14,16)(H,12,13,15);1-2H3. The van der Waals surface area contributed by atoms with Crippen molar-refractivity contribution in [2.75, 3.05) is 16.0 Å². The molecule has 0 unspecified atom stereocenters. The van der Waals surface area contributed by atoms with Crippen molar-refractivity contribution in [1.82, 2.24) is 15.0 Å². The number of carbonyl (C=O) groups excluding carboxylic acids is 2. The van der Waals surface area contributed by atoms with E-state index in [0.717, 1.165) is 23.4 Å². The predicted octanol–water partition coefficient (Wildman–Crippen LogP) is 7.13. The molecule has 0 saturated carbocycles. The Morgan fingerprint density at radius 1 is 0.923 bits per heavy atom. The summed E-state index contributed by atoms with van der Waals surface area (Å²) in [5.41, 5.74) is 1.67. The smallest absolute Gasteiger partial charge is 0.326 e. The van der Waals surface area contributed by atoms with Crippen LogP contribution in [0.25, 0.3) is 0 Å². The van der Waals surface area contributed by atoms with E-state index in [2.05, 4.69) is 30.9 Å². The van der Waals surface area contributed by atoms with Crippen molar-refractivity contribution in [3.8, 4) is 0 Å². The van der Waals surface area contributed by atoms with Crippen molar-refractivity contribution in [2.45, 2.75) is 26.9 Å². The van der Waals surface area contributed by atoms with Crippen molar-refractivity contribution >= 4 is 46.9 Å². The average molecular weight is 559 g/mol. The minimum absolute atomic E-state index is 0.0579. The summed E-state index contributed by atoms with van der Waals surface area (Å²) in [6.07, 6.45) is 2.48. The molecular weight excluding hydrogens is 533 g/mol. The Bertz CT molecular complexity index is 1350.